The number of nitrogens with zero attached hydrogens (tertiary/aromatic N) is 2. The highest BCUT2D eigenvalue weighted by Crippen LogP contribution is 2.34. The molecule has 0 radical (unpaired) electrons. The van der Waals surface area contributed by atoms with E-state index in [4.69, 9.17) is 5.73 Å². The molecule has 0 unspecified atom stereocenters. The molecule has 8 heteroatoms. The Bertz CT molecular complexity index is 926. The first kappa shape index (κ1) is 16.9. The molecule has 0 bridgehead atoms. The lowest BCUT2D eigenvalue weighted by Crippen LogP contribution is -2.21. The summed E-state index contributed by atoms with van der Waals surface area (Å²) < 4.78 is 15.6. The van der Waals surface area contributed by atoms with E-state index in [-0.39, 0.29) is 18.0 Å². The van der Waals surface area contributed by atoms with Gasteiger partial charge in [0.1, 0.15) is 11.3 Å². The Morgan fingerprint density at radius 1 is 1.42 bits per heavy atom. The molecule has 0 fully saturated rings. The van der Waals surface area contributed by atoms with Crippen LogP contribution in [0.2, 0.25) is 0 Å². The van der Waals surface area contributed by atoms with Crippen molar-refractivity contribution in [2.45, 2.75) is 13.0 Å². The maximum absolute atomic E-state index is 13.8. The third kappa shape index (κ3) is 2.58. The minimum absolute atomic E-state index is 0. The minimum atomic E-state index is -0.672. The van der Waals surface area contributed by atoms with E-state index in [2.05, 4.69) is 16.4 Å². The maximum Gasteiger partial charge on any atom is 0.251 e. The number of fused-ring (bicyclic) bond motifs is 2. The van der Waals surface area contributed by atoms with Gasteiger partial charge in [0.2, 0.25) is 0 Å². The highest BCUT2D eigenvalue weighted by Gasteiger charge is 2.20. The predicted molar refractivity (Wildman–Crippen MR) is 95.2 cm³/mol. The molecule has 126 valence electrons. The van der Waals surface area contributed by atoms with Gasteiger partial charge in [-0.25, -0.2) is 9.37 Å². The maximum atomic E-state index is 13.8. The van der Waals surface area contributed by atoms with Gasteiger partial charge >= 0.3 is 0 Å². The van der Waals surface area contributed by atoms with Crippen molar-refractivity contribution in [3.05, 3.63) is 40.0 Å². The number of thiophene rings is 1. The summed E-state index contributed by atoms with van der Waals surface area (Å²) in [5.41, 5.74) is 7.83. The first-order chi connectivity index (χ1) is 11.0. The number of aryl methyl sites for hydroxylation is 1. The number of halogens is 2. The second-order valence-corrected chi connectivity index (χ2v) is 6.80. The van der Waals surface area contributed by atoms with Crippen molar-refractivity contribution < 1.29 is 9.18 Å². The second kappa shape index (κ2) is 6.16. The van der Waals surface area contributed by atoms with Gasteiger partial charge in [-0.1, -0.05) is 0 Å². The summed E-state index contributed by atoms with van der Waals surface area (Å²) >= 11 is 1.68. The summed E-state index contributed by atoms with van der Waals surface area (Å²) in [7, 11) is 1.83. The van der Waals surface area contributed by atoms with Crippen LogP contribution in [-0.2, 0) is 20.0 Å². The van der Waals surface area contributed by atoms with Crippen LogP contribution in [0.3, 0.4) is 0 Å². The third-order valence-electron chi connectivity index (χ3n) is 4.19. The standard InChI is InChI=1S/C16H15FN4OS.ClH/c1-21-11-6-9(17)5-10(15(18)22)14(11)20-16(21)12-4-8-2-3-19-7-13(8)23-12;/h4-6,19H,2-3,7H2,1H3,(H2,18,22);1H. The van der Waals surface area contributed by atoms with Crippen LogP contribution in [-0.4, -0.2) is 22.0 Å². The highest BCUT2D eigenvalue weighted by molar-refractivity contribution is 7.15. The zero-order chi connectivity index (χ0) is 16.1. The number of nitrogens with two attached hydrogens (primary N) is 1. The van der Waals surface area contributed by atoms with Crippen molar-refractivity contribution in [1.82, 2.24) is 14.9 Å². The Hall–Kier alpha value is -1.96. The number of benzene rings is 1. The molecule has 1 amide bonds. The van der Waals surface area contributed by atoms with Crippen LogP contribution in [0.5, 0.6) is 0 Å². The molecule has 0 aliphatic carbocycles. The molecule has 24 heavy (non-hydrogen) atoms. The van der Waals surface area contributed by atoms with Gasteiger partial charge in [-0.05, 0) is 36.7 Å². The lowest BCUT2D eigenvalue weighted by atomic mass is 10.1. The van der Waals surface area contributed by atoms with Gasteiger partial charge in [-0.3, -0.25) is 4.79 Å². The minimum Gasteiger partial charge on any atom is -0.366 e. The van der Waals surface area contributed by atoms with Crippen LogP contribution in [0, 0.1) is 5.82 Å². The molecule has 0 saturated carbocycles. The lowest BCUT2D eigenvalue weighted by Gasteiger charge is -2.10. The molecule has 1 aromatic carbocycles. The summed E-state index contributed by atoms with van der Waals surface area (Å²) in [6.07, 6.45) is 0.997. The van der Waals surface area contributed by atoms with Crippen molar-refractivity contribution in [2.75, 3.05) is 6.54 Å². The quantitative estimate of drug-likeness (QED) is 0.732. The molecule has 5 nitrogen and oxygen atoms in total. The summed E-state index contributed by atoms with van der Waals surface area (Å²) in [5.74, 6) is -0.433. The number of amides is 1. The number of primary amides is 1. The fraction of sp³-hybridized carbons (Fsp3) is 0.250. The van der Waals surface area contributed by atoms with Crippen LogP contribution in [0.15, 0.2) is 18.2 Å². The molecule has 0 atom stereocenters. The van der Waals surface area contributed by atoms with E-state index in [9.17, 15) is 9.18 Å². The molecule has 0 spiro atoms. The number of hydrogen-bond donors (Lipinski definition) is 2. The number of aromatic nitrogens is 2. The predicted octanol–water partition coefficient (Wildman–Crippen LogP) is 2.61. The van der Waals surface area contributed by atoms with Crippen molar-refractivity contribution in [3.63, 3.8) is 0 Å². The van der Waals surface area contributed by atoms with Crippen LogP contribution in [0.25, 0.3) is 21.7 Å². The molecule has 3 heterocycles. The van der Waals surface area contributed by atoms with Crippen LogP contribution in [0.4, 0.5) is 4.39 Å². The Morgan fingerprint density at radius 2 is 2.21 bits per heavy atom. The average molecular weight is 367 g/mol. The van der Waals surface area contributed by atoms with E-state index in [1.165, 1.54) is 16.5 Å². The molecule has 0 saturated heterocycles. The van der Waals surface area contributed by atoms with Crippen LogP contribution in [0.1, 0.15) is 20.8 Å². The zero-order valence-electron chi connectivity index (χ0n) is 12.9. The van der Waals surface area contributed by atoms with E-state index in [0.29, 0.717) is 11.0 Å². The molecule has 3 aromatic rings. The number of imidazole rings is 1. The van der Waals surface area contributed by atoms with Crippen molar-refractivity contribution in [2.24, 2.45) is 12.8 Å². The normalized spacial score (nSPS) is 13.6. The Kier molecular flexibility index (Phi) is 4.33. The zero-order valence-corrected chi connectivity index (χ0v) is 14.6. The van der Waals surface area contributed by atoms with Gasteiger partial charge in [0, 0.05) is 18.5 Å². The molecule has 1 aliphatic rings. The van der Waals surface area contributed by atoms with E-state index in [1.807, 2.05) is 11.6 Å². The smallest absolute Gasteiger partial charge is 0.251 e. The number of carbonyl (C=O) groups is 1. The monoisotopic (exact) mass is 366 g/mol. The summed E-state index contributed by atoms with van der Waals surface area (Å²) in [6.45, 7) is 1.84. The molecular weight excluding hydrogens is 351 g/mol. The third-order valence-corrected chi connectivity index (χ3v) is 5.36. The summed E-state index contributed by atoms with van der Waals surface area (Å²) in [4.78, 5) is 18.5. The summed E-state index contributed by atoms with van der Waals surface area (Å²) in [6, 6.07) is 4.67. The number of nitrogens with one attached hydrogen (secondary N) is 1. The highest BCUT2D eigenvalue weighted by atomic mass is 35.5. The molecular formula is C16H16ClFN4OS. The molecule has 4 rings (SSSR count). The van der Waals surface area contributed by atoms with E-state index in [1.54, 1.807) is 11.3 Å². The Morgan fingerprint density at radius 3 is 2.92 bits per heavy atom. The molecule has 1 aliphatic heterocycles. The number of rotatable bonds is 2. The van der Waals surface area contributed by atoms with E-state index in [0.717, 1.165) is 36.3 Å². The molecule has 2 aromatic heterocycles. The van der Waals surface area contributed by atoms with E-state index >= 15 is 0 Å². The Labute approximate surface area is 148 Å². The van der Waals surface area contributed by atoms with Crippen molar-refractivity contribution >= 4 is 40.7 Å². The van der Waals surface area contributed by atoms with Gasteiger partial charge in [0.15, 0.2) is 5.82 Å². The van der Waals surface area contributed by atoms with Gasteiger partial charge in [0.25, 0.3) is 5.91 Å². The first-order valence-corrected chi connectivity index (χ1v) is 8.14. The van der Waals surface area contributed by atoms with Gasteiger partial charge in [0.05, 0.1) is 16.0 Å². The van der Waals surface area contributed by atoms with Crippen LogP contribution < -0.4 is 11.1 Å². The van der Waals surface area contributed by atoms with Crippen molar-refractivity contribution in [3.8, 4) is 10.7 Å². The fourth-order valence-electron chi connectivity index (χ4n) is 3.02. The van der Waals surface area contributed by atoms with Crippen LogP contribution >= 0.6 is 23.7 Å². The van der Waals surface area contributed by atoms with Gasteiger partial charge in [-0.2, -0.15) is 0 Å². The number of carbonyl (C=O) groups excluding carboxylic acids is 1. The molecule has 3 N–H and O–H groups in total. The largest absolute Gasteiger partial charge is 0.366 e. The van der Waals surface area contributed by atoms with Gasteiger partial charge < -0.3 is 15.6 Å². The fourth-order valence-corrected chi connectivity index (χ4v) is 4.23. The van der Waals surface area contributed by atoms with Gasteiger partial charge in [-0.15, -0.1) is 23.7 Å². The first-order valence-electron chi connectivity index (χ1n) is 7.33. The lowest BCUT2D eigenvalue weighted by molar-refractivity contribution is 0.100. The second-order valence-electron chi connectivity index (χ2n) is 5.67. The SMILES string of the molecule is Cl.Cn1c(-c2cc3c(s2)CNCC3)nc2c(C(N)=O)cc(F)cc21. The number of hydrogen-bond acceptors (Lipinski definition) is 4. The Balaban J connectivity index is 0.00000169. The van der Waals surface area contributed by atoms with E-state index < -0.39 is 11.7 Å². The average Bonchev–Trinajstić information content (AvgIpc) is 3.08. The van der Waals surface area contributed by atoms with Crippen molar-refractivity contribution in [1.29, 1.82) is 0 Å². The summed E-state index contributed by atoms with van der Waals surface area (Å²) in [5, 5.41) is 3.35. The topological polar surface area (TPSA) is 72.9 Å².